The summed E-state index contributed by atoms with van der Waals surface area (Å²) in [4.78, 5) is 73.1. The van der Waals surface area contributed by atoms with Gasteiger partial charge in [0.1, 0.15) is 19.3 Å². The fourth-order valence-corrected chi connectivity index (χ4v) is 12.3. The minimum Gasteiger partial charge on any atom is -0.462 e. The fourth-order valence-electron chi connectivity index (χ4n) is 10.7. The molecule has 0 bridgehead atoms. The van der Waals surface area contributed by atoms with Gasteiger partial charge in [-0.05, 0) is 154 Å². The Morgan fingerprint density at radius 1 is 0.264 bits per heavy atom. The molecule has 5 atom stereocenters. The molecule has 17 nitrogen and oxygen atoms in total. The monoisotopic (exact) mass is 1530 g/mol. The summed E-state index contributed by atoms with van der Waals surface area (Å²) < 4.78 is 68.5. The highest BCUT2D eigenvalue weighted by atomic mass is 31.2. The van der Waals surface area contributed by atoms with Crippen LogP contribution in [-0.4, -0.2) is 96.7 Å². The maximum atomic E-state index is 13.1. The van der Waals surface area contributed by atoms with Crippen LogP contribution in [-0.2, 0) is 65.4 Å². The maximum Gasteiger partial charge on any atom is 0.472 e. The van der Waals surface area contributed by atoms with Crippen molar-refractivity contribution >= 4 is 39.5 Å². The fraction of sp³-hybridized carbons (Fsp3) is 0.701. The lowest BCUT2D eigenvalue weighted by Crippen LogP contribution is -2.30. The zero-order valence-corrected chi connectivity index (χ0v) is 68.4. The molecule has 0 aliphatic rings. The van der Waals surface area contributed by atoms with Gasteiger partial charge in [-0.3, -0.25) is 37.3 Å². The number of esters is 4. The van der Waals surface area contributed by atoms with Crippen molar-refractivity contribution < 1.29 is 80.2 Å². The molecule has 0 amide bonds. The number of hydrogen-bond acceptors (Lipinski definition) is 15. The van der Waals surface area contributed by atoms with E-state index in [2.05, 4.69) is 131 Å². The van der Waals surface area contributed by atoms with Crippen LogP contribution in [0.4, 0.5) is 0 Å². The third kappa shape index (κ3) is 77.4. The molecule has 106 heavy (non-hydrogen) atoms. The first-order chi connectivity index (χ1) is 51.7. The highest BCUT2D eigenvalue weighted by molar-refractivity contribution is 7.47. The average molecular weight is 1530 g/mol. The first kappa shape index (κ1) is 101. The zero-order chi connectivity index (χ0) is 77.4. The molecule has 0 aliphatic carbocycles. The highest BCUT2D eigenvalue weighted by Gasteiger charge is 2.30. The van der Waals surface area contributed by atoms with Crippen molar-refractivity contribution in [2.24, 2.45) is 0 Å². The van der Waals surface area contributed by atoms with Crippen molar-refractivity contribution in [1.82, 2.24) is 0 Å². The quantitative estimate of drug-likeness (QED) is 0.0169. The lowest BCUT2D eigenvalue weighted by molar-refractivity contribution is -0.161. The number of aliphatic hydroxyl groups excluding tert-OH is 1. The zero-order valence-electron chi connectivity index (χ0n) is 66.6. The second-order valence-electron chi connectivity index (χ2n) is 27.3. The molecule has 0 aromatic carbocycles. The Hall–Kier alpha value is -4.80. The molecule has 3 N–H and O–H groups in total. The topological polar surface area (TPSA) is 237 Å². The van der Waals surface area contributed by atoms with Crippen molar-refractivity contribution in [3.05, 3.63) is 134 Å². The number of unbranched alkanes of at least 4 members (excludes halogenated alkanes) is 29. The molecular formula is C87H148O17P2. The molecule has 0 aromatic heterocycles. The van der Waals surface area contributed by atoms with E-state index in [4.69, 9.17) is 37.0 Å². The van der Waals surface area contributed by atoms with Crippen LogP contribution in [0.5, 0.6) is 0 Å². The Bertz CT molecular complexity index is 2530. The Morgan fingerprint density at radius 3 is 0.821 bits per heavy atom. The molecule has 0 aromatic rings. The maximum absolute atomic E-state index is 13.1. The van der Waals surface area contributed by atoms with Gasteiger partial charge < -0.3 is 33.8 Å². The first-order valence-electron chi connectivity index (χ1n) is 41.4. The smallest absolute Gasteiger partial charge is 0.462 e. The van der Waals surface area contributed by atoms with Crippen LogP contribution in [0.15, 0.2) is 134 Å². The average Bonchev–Trinajstić information content (AvgIpc) is 0.906. The molecule has 0 rings (SSSR count). The predicted octanol–water partition coefficient (Wildman–Crippen LogP) is 24.4. The number of allylic oxidation sites excluding steroid dienone is 22. The Balaban J connectivity index is 5.50. The molecular weight excluding hydrogens is 1380 g/mol. The third-order valence-electron chi connectivity index (χ3n) is 17.1. The van der Waals surface area contributed by atoms with Gasteiger partial charge in [0.2, 0.25) is 0 Å². The molecule has 0 saturated carbocycles. The van der Waals surface area contributed by atoms with Crippen LogP contribution in [0.1, 0.15) is 336 Å². The Morgan fingerprint density at radius 2 is 0.491 bits per heavy atom. The summed E-state index contributed by atoms with van der Waals surface area (Å²) in [5.41, 5.74) is 0. The van der Waals surface area contributed by atoms with Crippen LogP contribution >= 0.6 is 15.6 Å². The van der Waals surface area contributed by atoms with E-state index >= 15 is 0 Å². The van der Waals surface area contributed by atoms with E-state index in [9.17, 15) is 43.2 Å². The molecule has 0 heterocycles. The van der Waals surface area contributed by atoms with Gasteiger partial charge in [0.15, 0.2) is 12.2 Å². The van der Waals surface area contributed by atoms with Crippen molar-refractivity contribution in [3.8, 4) is 0 Å². The first-order valence-corrected chi connectivity index (χ1v) is 44.4. The highest BCUT2D eigenvalue weighted by Crippen LogP contribution is 2.45. The van der Waals surface area contributed by atoms with E-state index in [-0.39, 0.29) is 25.7 Å². The van der Waals surface area contributed by atoms with E-state index in [0.29, 0.717) is 38.5 Å². The SMILES string of the molecule is CCCCC/C=C\C/C=C\C/C=C\C/C=C\C/C=C\CCC(=O)O[C@H](COC(=O)CCCCCCC/C=C\CCCCCCCC)COP(=O)(O)OC[C@@H](O)COP(=O)(O)OC[C@@H](COC(=O)CCCCCCC/C=C\CCCCCCCC)OC(=O)CCC/C=C\C/C=C\C/C=C\C/C=C\CCCCC. The second-order valence-corrected chi connectivity index (χ2v) is 30.3. The van der Waals surface area contributed by atoms with E-state index in [1.165, 1.54) is 116 Å². The van der Waals surface area contributed by atoms with Crippen LogP contribution in [0.3, 0.4) is 0 Å². The lowest BCUT2D eigenvalue weighted by atomic mass is 10.1. The van der Waals surface area contributed by atoms with Crippen molar-refractivity contribution in [2.45, 2.75) is 354 Å². The lowest BCUT2D eigenvalue weighted by Gasteiger charge is -2.21. The number of phosphoric ester groups is 2. The Labute approximate surface area is 644 Å². The summed E-state index contributed by atoms with van der Waals surface area (Å²) in [5, 5.41) is 10.7. The normalized spacial score (nSPS) is 14.5. The van der Waals surface area contributed by atoms with E-state index in [1.54, 1.807) is 0 Å². The number of phosphoric acid groups is 2. The third-order valence-corrected chi connectivity index (χ3v) is 19.0. The van der Waals surface area contributed by atoms with Gasteiger partial charge in [-0.2, -0.15) is 0 Å². The van der Waals surface area contributed by atoms with Gasteiger partial charge in [0, 0.05) is 25.7 Å². The van der Waals surface area contributed by atoms with Gasteiger partial charge in [-0.25, -0.2) is 9.13 Å². The Kier molecular flexibility index (Phi) is 74.8. The number of carbonyl (C=O) groups is 4. The van der Waals surface area contributed by atoms with E-state index in [1.807, 2.05) is 30.4 Å². The number of carbonyl (C=O) groups excluding carboxylic acids is 4. The summed E-state index contributed by atoms with van der Waals surface area (Å²) in [5.74, 6) is -2.35. The van der Waals surface area contributed by atoms with Gasteiger partial charge in [-0.15, -0.1) is 0 Å². The molecule has 19 heteroatoms. The van der Waals surface area contributed by atoms with Crippen LogP contribution < -0.4 is 0 Å². The molecule has 2 unspecified atom stereocenters. The molecule has 0 aliphatic heterocycles. The number of aliphatic hydroxyl groups is 1. The largest absolute Gasteiger partial charge is 0.472 e. The number of ether oxygens (including phenoxy) is 4. The van der Waals surface area contributed by atoms with Crippen molar-refractivity contribution in [1.29, 1.82) is 0 Å². The van der Waals surface area contributed by atoms with Gasteiger partial charge in [0.25, 0.3) is 0 Å². The second kappa shape index (κ2) is 78.3. The molecule has 0 radical (unpaired) electrons. The van der Waals surface area contributed by atoms with Gasteiger partial charge in [-0.1, -0.05) is 290 Å². The molecule has 608 valence electrons. The summed E-state index contributed by atoms with van der Waals surface area (Å²) in [7, 11) is -10.0. The standard InChI is InChI=1S/C87H148O17P2/c1-5-9-13-17-21-25-29-33-37-39-40-42-46-50-54-58-62-66-70-74-87(92)104-83(78-98-85(90)72-68-64-60-56-52-48-44-36-32-28-24-20-16-12-8-4)80-102-106(95,96)100-76-81(88)75-99-105(93,94)101-79-82(77-97-84(89)71-67-63-59-55-51-47-43-35-31-27-23-19-15-11-7-3)103-86(91)73-69-65-61-57-53-49-45-41-38-34-30-26-22-18-14-10-6-2/h21-22,25-26,33-38,40,42-45,49-50,54,57,61-62,66,81-83,88H,5-20,23-24,27-32,39,41,46-48,51-53,55-56,58-60,63-65,67-80H2,1-4H3,(H,93,94)(H,95,96)/b25-21-,26-22-,37-33-,38-34-,42-40-,43-35-,44-36-,49-45-,54-50-,61-57-,66-62-/t81-,82+,83+/m0/s1. The number of rotatable bonds is 77. The molecule has 0 fully saturated rings. The summed E-state index contributed by atoms with van der Waals surface area (Å²) in [6.45, 7) is 4.66. The van der Waals surface area contributed by atoms with Crippen LogP contribution in [0.2, 0.25) is 0 Å². The molecule has 0 spiro atoms. The van der Waals surface area contributed by atoms with Gasteiger partial charge >= 0.3 is 39.5 Å². The summed E-state index contributed by atoms with van der Waals surface area (Å²) in [6.07, 6.45) is 88.7. The van der Waals surface area contributed by atoms with E-state index < -0.39 is 97.5 Å². The van der Waals surface area contributed by atoms with E-state index in [0.717, 1.165) is 128 Å². The van der Waals surface area contributed by atoms with Crippen molar-refractivity contribution in [3.63, 3.8) is 0 Å². The summed E-state index contributed by atoms with van der Waals surface area (Å²) >= 11 is 0. The van der Waals surface area contributed by atoms with Crippen molar-refractivity contribution in [2.75, 3.05) is 39.6 Å². The van der Waals surface area contributed by atoms with Crippen LogP contribution in [0, 0.1) is 0 Å². The number of hydrogen-bond donors (Lipinski definition) is 3. The summed E-state index contributed by atoms with van der Waals surface area (Å²) in [6, 6.07) is 0. The molecule has 0 saturated heterocycles. The van der Waals surface area contributed by atoms with Gasteiger partial charge in [0.05, 0.1) is 26.4 Å². The predicted molar refractivity (Wildman–Crippen MR) is 436 cm³/mol. The minimum atomic E-state index is -5.01. The van der Waals surface area contributed by atoms with Crippen LogP contribution in [0.25, 0.3) is 0 Å². The minimum absolute atomic E-state index is 0.0132.